The molecule has 19 heavy (non-hydrogen) atoms. The van der Waals surface area contributed by atoms with Crippen LogP contribution in [0, 0.1) is 5.41 Å². The highest BCUT2D eigenvalue weighted by molar-refractivity contribution is 6.30. The minimum absolute atomic E-state index is 0.120. The van der Waals surface area contributed by atoms with E-state index in [4.69, 9.17) is 11.6 Å². The lowest BCUT2D eigenvalue weighted by atomic mass is 9.86. The number of halogens is 1. The number of nitrogens with zero attached hydrogens (tertiary/aromatic N) is 1. The number of aliphatic hydroxyl groups is 1. The van der Waals surface area contributed by atoms with Crippen molar-refractivity contribution in [2.24, 2.45) is 5.41 Å². The van der Waals surface area contributed by atoms with E-state index in [0.29, 0.717) is 12.6 Å². The first-order valence-electron chi connectivity index (χ1n) is 7.13. The van der Waals surface area contributed by atoms with Crippen molar-refractivity contribution >= 4 is 11.6 Å². The zero-order valence-electron chi connectivity index (χ0n) is 11.9. The number of aliphatic hydroxyl groups excluding tert-OH is 1. The van der Waals surface area contributed by atoms with Crippen molar-refractivity contribution < 1.29 is 5.11 Å². The summed E-state index contributed by atoms with van der Waals surface area (Å²) in [5.74, 6) is 0. The lowest BCUT2D eigenvalue weighted by Gasteiger charge is -2.35. The van der Waals surface area contributed by atoms with Gasteiger partial charge in [-0.25, -0.2) is 0 Å². The maximum atomic E-state index is 9.71. The number of rotatable bonds is 5. The molecule has 1 aliphatic rings. The van der Waals surface area contributed by atoms with Gasteiger partial charge in [0.25, 0.3) is 0 Å². The topological polar surface area (TPSA) is 23.5 Å². The molecule has 0 bridgehead atoms. The van der Waals surface area contributed by atoms with Gasteiger partial charge in [-0.2, -0.15) is 0 Å². The van der Waals surface area contributed by atoms with E-state index >= 15 is 0 Å². The smallest absolute Gasteiger partial charge is 0.0499 e. The number of hydrogen-bond acceptors (Lipinski definition) is 2. The van der Waals surface area contributed by atoms with Crippen LogP contribution >= 0.6 is 11.6 Å². The summed E-state index contributed by atoms with van der Waals surface area (Å²) in [4.78, 5) is 2.35. The van der Waals surface area contributed by atoms with Crippen LogP contribution < -0.4 is 0 Å². The monoisotopic (exact) mass is 281 g/mol. The van der Waals surface area contributed by atoms with Crippen molar-refractivity contribution in [3.63, 3.8) is 0 Å². The van der Waals surface area contributed by atoms with E-state index in [2.05, 4.69) is 31.0 Å². The van der Waals surface area contributed by atoms with Crippen LogP contribution in [0.4, 0.5) is 0 Å². The molecule has 0 aliphatic heterocycles. The standard InChI is InChI=1S/C16H24ClNO/c1-13(14-5-7-15(17)8-6-14)18(2)11-16(12-19)9-3-4-10-16/h5-8,13,19H,3-4,9-12H2,1-2H3. The van der Waals surface area contributed by atoms with Crippen LogP contribution in [0.15, 0.2) is 24.3 Å². The van der Waals surface area contributed by atoms with Gasteiger partial charge in [-0.05, 0) is 44.5 Å². The summed E-state index contributed by atoms with van der Waals surface area (Å²) >= 11 is 5.93. The SMILES string of the molecule is CC(c1ccc(Cl)cc1)N(C)CC1(CO)CCCC1. The zero-order valence-corrected chi connectivity index (χ0v) is 12.7. The molecule has 1 aromatic carbocycles. The Bertz CT molecular complexity index is 398. The number of hydrogen-bond donors (Lipinski definition) is 1. The summed E-state index contributed by atoms with van der Waals surface area (Å²) in [6.45, 7) is 3.49. The third kappa shape index (κ3) is 3.50. The summed E-state index contributed by atoms with van der Waals surface area (Å²) in [5, 5.41) is 10.5. The second kappa shape index (κ2) is 6.25. The zero-order chi connectivity index (χ0) is 13.9. The summed E-state index contributed by atoms with van der Waals surface area (Å²) < 4.78 is 0. The van der Waals surface area contributed by atoms with Crippen LogP contribution in [-0.2, 0) is 0 Å². The molecule has 0 amide bonds. The molecular formula is C16H24ClNO. The lowest BCUT2D eigenvalue weighted by molar-refractivity contribution is 0.0746. The predicted octanol–water partition coefficient (Wildman–Crippen LogP) is 3.89. The molecule has 106 valence electrons. The Balaban J connectivity index is 2.02. The van der Waals surface area contributed by atoms with Gasteiger partial charge in [0.1, 0.15) is 0 Å². The summed E-state index contributed by atoms with van der Waals surface area (Å²) in [7, 11) is 2.15. The highest BCUT2D eigenvalue weighted by Crippen LogP contribution is 2.39. The van der Waals surface area contributed by atoms with Crippen LogP contribution in [0.5, 0.6) is 0 Å². The molecular weight excluding hydrogens is 258 g/mol. The van der Waals surface area contributed by atoms with Gasteiger partial charge in [0.15, 0.2) is 0 Å². The maximum absolute atomic E-state index is 9.71. The average molecular weight is 282 g/mol. The Labute approximate surface area is 121 Å². The molecule has 0 saturated heterocycles. The summed E-state index contributed by atoms with van der Waals surface area (Å²) in [6.07, 6.45) is 4.82. The van der Waals surface area contributed by atoms with Crippen LogP contribution in [0.25, 0.3) is 0 Å². The molecule has 3 heteroatoms. The van der Waals surface area contributed by atoms with Gasteiger partial charge in [0.05, 0.1) is 0 Å². The summed E-state index contributed by atoms with van der Waals surface area (Å²) in [5.41, 5.74) is 1.40. The first kappa shape index (κ1) is 14.8. The Kier molecular flexibility index (Phi) is 4.88. The van der Waals surface area contributed by atoms with Crippen molar-refractivity contribution in [2.45, 2.75) is 38.6 Å². The van der Waals surface area contributed by atoms with Crippen LogP contribution in [0.1, 0.15) is 44.2 Å². The van der Waals surface area contributed by atoms with E-state index in [0.717, 1.165) is 24.4 Å². The van der Waals surface area contributed by atoms with E-state index in [1.54, 1.807) is 0 Å². The fraction of sp³-hybridized carbons (Fsp3) is 0.625. The Morgan fingerprint density at radius 2 is 1.84 bits per heavy atom. The molecule has 0 heterocycles. The van der Waals surface area contributed by atoms with Crippen LogP contribution in [-0.4, -0.2) is 30.2 Å². The predicted molar refractivity (Wildman–Crippen MR) is 80.5 cm³/mol. The molecule has 2 rings (SSSR count). The Morgan fingerprint density at radius 1 is 1.26 bits per heavy atom. The molecule has 1 N–H and O–H groups in total. The van der Waals surface area contributed by atoms with Crippen molar-refractivity contribution in [1.29, 1.82) is 0 Å². The van der Waals surface area contributed by atoms with E-state index in [9.17, 15) is 5.11 Å². The van der Waals surface area contributed by atoms with Crippen molar-refractivity contribution in [3.05, 3.63) is 34.9 Å². The Hall–Kier alpha value is -0.570. The molecule has 0 aromatic heterocycles. The van der Waals surface area contributed by atoms with Gasteiger partial charge in [-0.3, -0.25) is 4.90 Å². The molecule has 1 fully saturated rings. The van der Waals surface area contributed by atoms with E-state index < -0.39 is 0 Å². The van der Waals surface area contributed by atoms with Gasteiger partial charge < -0.3 is 5.11 Å². The van der Waals surface area contributed by atoms with Gasteiger partial charge in [0, 0.05) is 29.6 Å². The van der Waals surface area contributed by atoms with Gasteiger partial charge >= 0.3 is 0 Å². The Morgan fingerprint density at radius 3 is 2.37 bits per heavy atom. The number of benzene rings is 1. The van der Waals surface area contributed by atoms with Crippen molar-refractivity contribution in [3.8, 4) is 0 Å². The van der Waals surface area contributed by atoms with Crippen LogP contribution in [0.3, 0.4) is 0 Å². The van der Waals surface area contributed by atoms with E-state index in [1.807, 2.05) is 12.1 Å². The minimum Gasteiger partial charge on any atom is -0.396 e. The highest BCUT2D eigenvalue weighted by Gasteiger charge is 2.35. The van der Waals surface area contributed by atoms with Crippen LogP contribution in [0.2, 0.25) is 5.02 Å². The third-order valence-corrected chi connectivity index (χ3v) is 4.85. The molecule has 2 nitrogen and oxygen atoms in total. The van der Waals surface area contributed by atoms with E-state index in [1.165, 1.54) is 18.4 Å². The molecule has 1 saturated carbocycles. The molecule has 0 radical (unpaired) electrons. The van der Waals surface area contributed by atoms with E-state index in [-0.39, 0.29) is 5.41 Å². The quantitative estimate of drug-likeness (QED) is 0.885. The highest BCUT2D eigenvalue weighted by atomic mass is 35.5. The van der Waals surface area contributed by atoms with Crippen molar-refractivity contribution in [2.75, 3.05) is 20.2 Å². The van der Waals surface area contributed by atoms with Gasteiger partial charge in [-0.1, -0.05) is 36.6 Å². The second-order valence-corrected chi connectivity index (χ2v) is 6.44. The normalized spacial score (nSPS) is 19.8. The largest absolute Gasteiger partial charge is 0.396 e. The third-order valence-electron chi connectivity index (χ3n) is 4.60. The first-order valence-corrected chi connectivity index (χ1v) is 7.51. The molecule has 1 atom stereocenters. The summed E-state index contributed by atoms with van der Waals surface area (Å²) in [6, 6.07) is 8.41. The fourth-order valence-corrected chi connectivity index (χ4v) is 3.28. The van der Waals surface area contributed by atoms with Gasteiger partial charge in [-0.15, -0.1) is 0 Å². The lowest BCUT2D eigenvalue weighted by Crippen LogP contribution is -2.37. The minimum atomic E-state index is 0.120. The van der Waals surface area contributed by atoms with Crippen molar-refractivity contribution in [1.82, 2.24) is 4.90 Å². The second-order valence-electron chi connectivity index (χ2n) is 6.01. The maximum Gasteiger partial charge on any atom is 0.0499 e. The fourth-order valence-electron chi connectivity index (χ4n) is 3.15. The molecule has 0 spiro atoms. The first-order chi connectivity index (χ1) is 9.06. The molecule has 1 aromatic rings. The molecule has 1 aliphatic carbocycles. The average Bonchev–Trinajstić information content (AvgIpc) is 2.88. The molecule has 1 unspecified atom stereocenters. The van der Waals surface area contributed by atoms with Gasteiger partial charge in [0.2, 0.25) is 0 Å².